The van der Waals surface area contributed by atoms with Crippen LogP contribution in [0.25, 0.3) is 17.0 Å². The third-order valence-electron chi connectivity index (χ3n) is 5.89. The van der Waals surface area contributed by atoms with Gasteiger partial charge in [-0.2, -0.15) is 0 Å². The summed E-state index contributed by atoms with van der Waals surface area (Å²) in [5, 5.41) is 13.0. The van der Waals surface area contributed by atoms with Gasteiger partial charge >= 0.3 is 12.0 Å². The zero-order valence-electron chi connectivity index (χ0n) is 17.6. The van der Waals surface area contributed by atoms with Crippen LogP contribution in [0.3, 0.4) is 0 Å². The molecule has 0 saturated heterocycles. The van der Waals surface area contributed by atoms with Gasteiger partial charge in [-0.3, -0.25) is 0 Å². The first-order valence-corrected chi connectivity index (χ1v) is 10.7. The molecule has 1 aliphatic carbocycles. The molecule has 1 heterocycles. The van der Waals surface area contributed by atoms with E-state index in [1.54, 1.807) is 6.08 Å². The zero-order chi connectivity index (χ0) is 21.8. The van der Waals surface area contributed by atoms with Gasteiger partial charge in [0, 0.05) is 36.3 Å². The molecule has 1 unspecified atom stereocenters. The number of benzene rings is 2. The van der Waals surface area contributed by atoms with E-state index in [-0.39, 0.29) is 12.1 Å². The molecule has 1 aromatic heterocycles. The number of aromatic amines is 1. The smallest absolute Gasteiger partial charge is 0.328 e. The lowest BCUT2D eigenvalue weighted by molar-refractivity contribution is -0.131. The summed E-state index contributed by atoms with van der Waals surface area (Å²) in [4.78, 5) is 29.0. The number of hydrogen-bond donors (Lipinski definition) is 3. The van der Waals surface area contributed by atoms with E-state index in [2.05, 4.69) is 22.4 Å². The van der Waals surface area contributed by atoms with Gasteiger partial charge in [-0.1, -0.05) is 36.4 Å². The molecule has 3 aromatic rings. The van der Waals surface area contributed by atoms with E-state index in [4.69, 9.17) is 5.11 Å². The Morgan fingerprint density at radius 3 is 2.90 bits per heavy atom. The maximum Gasteiger partial charge on any atom is 0.328 e. The lowest BCUT2D eigenvalue weighted by Crippen LogP contribution is -2.42. The Balaban J connectivity index is 1.56. The average Bonchev–Trinajstić information content (AvgIpc) is 3.37. The van der Waals surface area contributed by atoms with Gasteiger partial charge in [-0.05, 0) is 60.6 Å². The molecule has 4 rings (SSSR count). The molecule has 31 heavy (non-hydrogen) atoms. The second-order valence-corrected chi connectivity index (χ2v) is 7.82. The van der Waals surface area contributed by atoms with Gasteiger partial charge < -0.3 is 20.3 Å². The molecule has 1 aliphatic rings. The fourth-order valence-corrected chi connectivity index (χ4v) is 4.44. The normalized spacial score (nSPS) is 15.3. The van der Waals surface area contributed by atoms with E-state index >= 15 is 0 Å². The number of carboxylic acid groups (broad SMARTS) is 1. The fraction of sp³-hybridized carbons (Fsp3) is 0.280. The van der Waals surface area contributed by atoms with E-state index in [9.17, 15) is 9.59 Å². The van der Waals surface area contributed by atoms with E-state index < -0.39 is 5.97 Å². The SMILES string of the molecule is CCNC(=O)N(CCc1c[nH]c2ccccc12)C1CCc2cc(/C=C/C(=O)O)ccc21. The fourth-order valence-electron chi connectivity index (χ4n) is 4.44. The molecule has 0 bridgehead atoms. The highest BCUT2D eigenvalue weighted by atomic mass is 16.4. The predicted molar refractivity (Wildman–Crippen MR) is 122 cm³/mol. The van der Waals surface area contributed by atoms with Crippen LogP contribution in [0.1, 0.15) is 41.6 Å². The van der Waals surface area contributed by atoms with E-state index in [1.807, 2.05) is 48.4 Å². The Morgan fingerprint density at radius 2 is 2.10 bits per heavy atom. The van der Waals surface area contributed by atoms with Gasteiger partial charge in [0.15, 0.2) is 0 Å². The van der Waals surface area contributed by atoms with Crippen molar-refractivity contribution in [2.24, 2.45) is 0 Å². The standard InChI is InChI=1S/C25H27N3O3/c1-2-26-25(31)28(14-13-19-16-27-22-6-4-3-5-20(19)22)23-11-9-18-15-17(7-10-21(18)23)8-12-24(29)30/h3-8,10,12,15-16,23,27H,2,9,11,13-14H2,1H3,(H,26,31)(H,29,30)/b12-8+. The summed E-state index contributed by atoms with van der Waals surface area (Å²) in [5.41, 5.74) is 5.51. The number of aryl methyl sites for hydroxylation is 1. The lowest BCUT2D eigenvalue weighted by Gasteiger charge is -2.30. The number of hydrogen-bond acceptors (Lipinski definition) is 2. The molecule has 6 heteroatoms. The monoisotopic (exact) mass is 417 g/mol. The van der Waals surface area contributed by atoms with Crippen molar-refractivity contribution in [1.82, 2.24) is 15.2 Å². The van der Waals surface area contributed by atoms with Gasteiger partial charge in [-0.15, -0.1) is 0 Å². The molecule has 0 spiro atoms. The predicted octanol–water partition coefficient (Wildman–Crippen LogP) is 4.53. The van der Waals surface area contributed by atoms with Crippen LogP contribution in [-0.4, -0.2) is 40.1 Å². The van der Waals surface area contributed by atoms with Gasteiger partial charge in [0.05, 0.1) is 6.04 Å². The van der Waals surface area contributed by atoms with Crippen molar-refractivity contribution in [3.05, 3.63) is 77.0 Å². The van der Waals surface area contributed by atoms with Crippen molar-refractivity contribution in [2.45, 2.75) is 32.2 Å². The van der Waals surface area contributed by atoms with Gasteiger partial charge in [0.25, 0.3) is 0 Å². The minimum Gasteiger partial charge on any atom is -0.478 e. The highest BCUT2D eigenvalue weighted by Crippen LogP contribution is 2.37. The van der Waals surface area contributed by atoms with Gasteiger partial charge in [0.2, 0.25) is 0 Å². The Labute approximate surface area is 181 Å². The molecular weight excluding hydrogens is 390 g/mol. The molecule has 0 fully saturated rings. The largest absolute Gasteiger partial charge is 0.478 e. The number of aliphatic carboxylic acids is 1. The van der Waals surface area contributed by atoms with Crippen molar-refractivity contribution < 1.29 is 14.7 Å². The Hall–Kier alpha value is -3.54. The van der Waals surface area contributed by atoms with Crippen LogP contribution in [0.15, 0.2) is 54.7 Å². The molecule has 160 valence electrons. The van der Waals surface area contributed by atoms with Crippen LogP contribution in [0.5, 0.6) is 0 Å². The molecule has 0 radical (unpaired) electrons. The molecule has 6 nitrogen and oxygen atoms in total. The van der Waals surface area contributed by atoms with Crippen LogP contribution in [-0.2, 0) is 17.6 Å². The summed E-state index contributed by atoms with van der Waals surface area (Å²) >= 11 is 0. The second-order valence-electron chi connectivity index (χ2n) is 7.82. The summed E-state index contributed by atoms with van der Waals surface area (Å²) in [5.74, 6) is -0.960. The summed E-state index contributed by atoms with van der Waals surface area (Å²) in [7, 11) is 0. The number of carbonyl (C=O) groups is 2. The quantitative estimate of drug-likeness (QED) is 0.494. The summed E-state index contributed by atoms with van der Waals surface area (Å²) in [6.45, 7) is 3.14. The third kappa shape index (κ3) is 4.48. The van der Waals surface area contributed by atoms with E-state index in [0.717, 1.165) is 42.0 Å². The van der Waals surface area contributed by atoms with Crippen LogP contribution >= 0.6 is 0 Å². The van der Waals surface area contributed by atoms with Crippen molar-refractivity contribution in [1.29, 1.82) is 0 Å². The number of fused-ring (bicyclic) bond motifs is 2. The first-order chi connectivity index (χ1) is 15.1. The summed E-state index contributed by atoms with van der Waals surface area (Å²) in [6.07, 6.45) is 7.30. The number of carboxylic acids is 1. The number of urea groups is 1. The number of H-pyrrole nitrogens is 1. The number of nitrogens with one attached hydrogen (secondary N) is 2. The van der Waals surface area contributed by atoms with Gasteiger partial charge in [-0.25, -0.2) is 9.59 Å². The number of nitrogens with zero attached hydrogens (tertiary/aromatic N) is 1. The molecule has 1 atom stereocenters. The van der Waals surface area contributed by atoms with Crippen LogP contribution < -0.4 is 5.32 Å². The molecular formula is C25H27N3O3. The minimum absolute atomic E-state index is 0.0178. The molecule has 0 aliphatic heterocycles. The van der Waals surface area contributed by atoms with Gasteiger partial charge in [0.1, 0.15) is 0 Å². The third-order valence-corrected chi connectivity index (χ3v) is 5.89. The van der Waals surface area contributed by atoms with Crippen LogP contribution in [0, 0.1) is 0 Å². The molecule has 0 saturated carbocycles. The Kier molecular flexibility index (Phi) is 6.07. The first kappa shape index (κ1) is 20.7. The van der Waals surface area contributed by atoms with Crippen LogP contribution in [0.2, 0.25) is 0 Å². The number of para-hydroxylation sites is 1. The Morgan fingerprint density at radius 1 is 1.26 bits per heavy atom. The maximum atomic E-state index is 12.9. The molecule has 2 aromatic carbocycles. The maximum absolute atomic E-state index is 12.9. The minimum atomic E-state index is -0.960. The van der Waals surface area contributed by atoms with Crippen LogP contribution in [0.4, 0.5) is 4.79 Å². The topological polar surface area (TPSA) is 85.4 Å². The van der Waals surface area contributed by atoms with Crippen molar-refractivity contribution in [3.8, 4) is 0 Å². The highest BCUT2D eigenvalue weighted by molar-refractivity contribution is 5.85. The highest BCUT2D eigenvalue weighted by Gasteiger charge is 2.31. The second kappa shape index (κ2) is 9.08. The lowest BCUT2D eigenvalue weighted by atomic mass is 10.0. The van der Waals surface area contributed by atoms with Crippen molar-refractivity contribution in [2.75, 3.05) is 13.1 Å². The zero-order valence-corrected chi connectivity index (χ0v) is 17.6. The van der Waals surface area contributed by atoms with E-state index in [1.165, 1.54) is 16.5 Å². The van der Waals surface area contributed by atoms with E-state index in [0.29, 0.717) is 13.1 Å². The Bertz CT molecular complexity index is 1130. The summed E-state index contributed by atoms with van der Waals surface area (Å²) < 4.78 is 0. The van der Waals surface area contributed by atoms with Crippen molar-refractivity contribution >= 4 is 29.0 Å². The number of amides is 2. The first-order valence-electron chi connectivity index (χ1n) is 10.7. The molecule has 2 amide bonds. The number of aromatic nitrogens is 1. The number of carbonyl (C=O) groups excluding carboxylic acids is 1. The molecule has 3 N–H and O–H groups in total. The number of rotatable bonds is 7. The average molecular weight is 418 g/mol. The summed E-state index contributed by atoms with van der Waals surface area (Å²) in [6, 6.07) is 14.2. The van der Waals surface area contributed by atoms with Crippen molar-refractivity contribution in [3.63, 3.8) is 0 Å².